The van der Waals surface area contributed by atoms with Crippen molar-refractivity contribution in [2.45, 2.75) is 0 Å². The van der Waals surface area contributed by atoms with Crippen LogP contribution in [0.25, 0.3) is 11.3 Å². The van der Waals surface area contributed by atoms with Gasteiger partial charge in [-0.25, -0.2) is 9.97 Å². The van der Waals surface area contributed by atoms with Crippen LogP contribution in [0.4, 0.5) is 5.82 Å². The van der Waals surface area contributed by atoms with E-state index >= 15 is 0 Å². The van der Waals surface area contributed by atoms with Crippen molar-refractivity contribution in [1.82, 2.24) is 9.97 Å². The lowest BCUT2D eigenvalue weighted by Crippen LogP contribution is -1.97. The van der Waals surface area contributed by atoms with E-state index in [2.05, 4.69) is 15.3 Å². The summed E-state index contributed by atoms with van der Waals surface area (Å²) in [5.41, 5.74) is 1.65. The number of benzene rings is 1. The van der Waals surface area contributed by atoms with E-state index in [-0.39, 0.29) is 0 Å². The molecule has 0 saturated carbocycles. The van der Waals surface area contributed by atoms with Gasteiger partial charge in [0.25, 0.3) is 0 Å². The van der Waals surface area contributed by atoms with Gasteiger partial charge < -0.3 is 14.8 Å². The van der Waals surface area contributed by atoms with Crippen molar-refractivity contribution in [2.75, 3.05) is 26.6 Å². The van der Waals surface area contributed by atoms with Gasteiger partial charge in [-0.1, -0.05) is 6.07 Å². The molecule has 0 aliphatic carbocycles. The van der Waals surface area contributed by atoms with E-state index in [0.717, 1.165) is 17.1 Å². The first-order valence-electron chi connectivity index (χ1n) is 5.51. The van der Waals surface area contributed by atoms with Crippen molar-refractivity contribution in [3.8, 4) is 22.8 Å². The highest BCUT2D eigenvalue weighted by atomic mass is 16.5. The third-order valence-electron chi connectivity index (χ3n) is 2.60. The lowest BCUT2D eigenvalue weighted by molar-refractivity contribution is 0.356. The fourth-order valence-corrected chi connectivity index (χ4v) is 1.73. The number of para-hydroxylation sites is 1. The molecule has 0 aliphatic rings. The van der Waals surface area contributed by atoms with Crippen LogP contribution < -0.4 is 14.8 Å². The molecule has 18 heavy (non-hydrogen) atoms. The summed E-state index contributed by atoms with van der Waals surface area (Å²) in [6, 6.07) is 7.54. The second kappa shape index (κ2) is 5.35. The molecule has 0 amide bonds. The summed E-state index contributed by atoms with van der Waals surface area (Å²) in [5.74, 6) is 2.10. The molecule has 1 heterocycles. The number of anilines is 1. The fourth-order valence-electron chi connectivity index (χ4n) is 1.73. The number of aromatic nitrogens is 2. The summed E-state index contributed by atoms with van der Waals surface area (Å²) in [7, 11) is 5.04. The van der Waals surface area contributed by atoms with Gasteiger partial charge in [-0.3, -0.25) is 0 Å². The molecule has 5 nitrogen and oxygen atoms in total. The van der Waals surface area contributed by atoms with Gasteiger partial charge in [0.2, 0.25) is 0 Å². The van der Waals surface area contributed by atoms with Gasteiger partial charge in [-0.15, -0.1) is 0 Å². The summed E-state index contributed by atoms with van der Waals surface area (Å²) >= 11 is 0. The zero-order chi connectivity index (χ0) is 13.0. The molecule has 0 spiro atoms. The van der Waals surface area contributed by atoms with Crippen molar-refractivity contribution in [2.24, 2.45) is 0 Å². The van der Waals surface area contributed by atoms with Crippen LogP contribution in [0.3, 0.4) is 0 Å². The Morgan fingerprint density at radius 3 is 2.61 bits per heavy atom. The summed E-state index contributed by atoms with van der Waals surface area (Å²) in [6.07, 6.45) is 1.51. The van der Waals surface area contributed by atoms with Crippen LogP contribution in [-0.4, -0.2) is 31.2 Å². The van der Waals surface area contributed by atoms with Gasteiger partial charge in [0.15, 0.2) is 11.5 Å². The van der Waals surface area contributed by atoms with Crippen molar-refractivity contribution in [1.29, 1.82) is 0 Å². The Morgan fingerprint density at radius 2 is 1.94 bits per heavy atom. The van der Waals surface area contributed by atoms with E-state index in [1.807, 2.05) is 31.3 Å². The second-order valence-corrected chi connectivity index (χ2v) is 3.58. The number of ether oxygens (including phenoxy) is 2. The number of hydrogen-bond donors (Lipinski definition) is 1. The van der Waals surface area contributed by atoms with Crippen molar-refractivity contribution in [3.05, 3.63) is 30.6 Å². The monoisotopic (exact) mass is 245 g/mol. The molecule has 5 heteroatoms. The average molecular weight is 245 g/mol. The smallest absolute Gasteiger partial charge is 0.170 e. The molecule has 1 aromatic carbocycles. The largest absolute Gasteiger partial charge is 0.493 e. The summed E-state index contributed by atoms with van der Waals surface area (Å²) in [6.45, 7) is 0. The van der Waals surface area contributed by atoms with Crippen molar-refractivity contribution in [3.63, 3.8) is 0 Å². The minimum absolute atomic E-state index is 0.667. The highest BCUT2D eigenvalue weighted by molar-refractivity contribution is 5.72. The van der Waals surface area contributed by atoms with Crippen molar-refractivity contribution < 1.29 is 9.47 Å². The van der Waals surface area contributed by atoms with Crippen LogP contribution in [0.15, 0.2) is 30.6 Å². The summed E-state index contributed by atoms with van der Waals surface area (Å²) in [4.78, 5) is 8.34. The zero-order valence-corrected chi connectivity index (χ0v) is 10.6. The number of rotatable bonds is 4. The zero-order valence-electron chi connectivity index (χ0n) is 10.6. The molecule has 2 rings (SSSR count). The predicted molar refractivity (Wildman–Crippen MR) is 70.1 cm³/mol. The first-order valence-corrected chi connectivity index (χ1v) is 5.51. The van der Waals surface area contributed by atoms with Crippen LogP contribution in [0.5, 0.6) is 11.5 Å². The van der Waals surface area contributed by atoms with Gasteiger partial charge in [0.05, 0.1) is 19.9 Å². The Labute approximate surface area is 106 Å². The molecule has 2 aromatic rings. The fraction of sp³-hybridized carbons (Fsp3) is 0.231. The maximum absolute atomic E-state index is 5.39. The molecular formula is C13H15N3O2. The van der Waals surface area contributed by atoms with Crippen LogP contribution in [0.2, 0.25) is 0 Å². The second-order valence-electron chi connectivity index (χ2n) is 3.58. The van der Waals surface area contributed by atoms with Gasteiger partial charge in [0.1, 0.15) is 12.1 Å². The summed E-state index contributed by atoms with van der Waals surface area (Å²) < 4.78 is 10.7. The standard InChI is InChI=1S/C13H15N3O2/c1-14-12-7-10(15-8-16-12)9-5-4-6-11(17-2)13(9)18-3/h4-8H,1-3H3,(H,14,15,16). The molecule has 0 atom stereocenters. The van der Waals surface area contributed by atoms with Gasteiger partial charge in [-0.2, -0.15) is 0 Å². The van der Waals surface area contributed by atoms with E-state index in [1.165, 1.54) is 6.33 Å². The molecule has 0 saturated heterocycles. The van der Waals surface area contributed by atoms with E-state index in [4.69, 9.17) is 9.47 Å². The van der Waals surface area contributed by atoms with E-state index in [0.29, 0.717) is 11.5 Å². The first-order chi connectivity index (χ1) is 8.80. The molecule has 0 bridgehead atoms. The Morgan fingerprint density at radius 1 is 1.11 bits per heavy atom. The third-order valence-corrected chi connectivity index (χ3v) is 2.60. The van der Waals surface area contributed by atoms with Crippen LogP contribution in [0.1, 0.15) is 0 Å². The van der Waals surface area contributed by atoms with E-state index < -0.39 is 0 Å². The highest BCUT2D eigenvalue weighted by Crippen LogP contribution is 2.37. The number of hydrogen-bond acceptors (Lipinski definition) is 5. The number of nitrogens with one attached hydrogen (secondary N) is 1. The van der Waals surface area contributed by atoms with Crippen LogP contribution >= 0.6 is 0 Å². The molecule has 0 unspecified atom stereocenters. The van der Waals surface area contributed by atoms with Gasteiger partial charge in [0, 0.05) is 18.7 Å². The van der Waals surface area contributed by atoms with Gasteiger partial charge in [-0.05, 0) is 12.1 Å². The maximum atomic E-state index is 5.39. The Kier molecular flexibility index (Phi) is 3.62. The highest BCUT2D eigenvalue weighted by Gasteiger charge is 2.12. The van der Waals surface area contributed by atoms with Crippen molar-refractivity contribution >= 4 is 5.82 Å². The molecule has 1 N–H and O–H groups in total. The minimum Gasteiger partial charge on any atom is -0.493 e. The summed E-state index contributed by atoms with van der Waals surface area (Å²) in [5, 5.41) is 2.98. The molecule has 94 valence electrons. The molecular weight excluding hydrogens is 230 g/mol. The quantitative estimate of drug-likeness (QED) is 0.895. The van der Waals surface area contributed by atoms with Crippen LogP contribution in [-0.2, 0) is 0 Å². The maximum Gasteiger partial charge on any atom is 0.170 e. The third kappa shape index (κ3) is 2.20. The molecule has 0 radical (unpaired) electrons. The SMILES string of the molecule is CNc1cc(-c2cccc(OC)c2OC)ncn1. The van der Waals surface area contributed by atoms with Gasteiger partial charge >= 0.3 is 0 Å². The predicted octanol–water partition coefficient (Wildman–Crippen LogP) is 2.20. The van der Waals surface area contributed by atoms with E-state index in [9.17, 15) is 0 Å². The number of nitrogens with zero attached hydrogens (tertiary/aromatic N) is 2. The number of methoxy groups -OCH3 is 2. The van der Waals surface area contributed by atoms with Crippen LogP contribution in [0, 0.1) is 0 Å². The Hall–Kier alpha value is -2.30. The molecule has 0 fully saturated rings. The average Bonchev–Trinajstić information content (AvgIpc) is 2.46. The Bertz CT molecular complexity index is 544. The minimum atomic E-state index is 0.667. The molecule has 0 aliphatic heterocycles. The van der Waals surface area contributed by atoms with E-state index in [1.54, 1.807) is 14.2 Å². The normalized spacial score (nSPS) is 9.94. The first kappa shape index (κ1) is 12.2. The lowest BCUT2D eigenvalue weighted by Gasteiger charge is -2.12. The topological polar surface area (TPSA) is 56.3 Å². The lowest BCUT2D eigenvalue weighted by atomic mass is 10.1. The Balaban J connectivity index is 2.55. The molecule has 1 aromatic heterocycles.